The number of anilines is 1. The first-order valence-electron chi connectivity index (χ1n) is 9.64. The van der Waals surface area contributed by atoms with Crippen LogP contribution in [0.2, 0.25) is 5.02 Å². The average Bonchev–Trinajstić information content (AvgIpc) is 3.16. The van der Waals surface area contributed by atoms with Gasteiger partial charge in [0.05, 0.1) is 11.3 Å². The molecule has 0 aliphatic carbocycles. The molecule has 0 saturated carbocycles. The molecular weight excluding hydrogens is 416 g/mol. The summed E-state index contributed by atoms with van der Waals surface area (Å²) in [5.74, 6) is 0.562. The van der Waals surface area contributed by atoms with E-state index >= 15 is 0 Å². The summed E-state index contributed by atoms with van der Waals surface area (Å²) in [4.78, 5) is 12.9. The number of nitrogens with zero attached hydrogens (tertiary/aromatic N) is 2. The second-order valence-corrected chi connectivity index (χ2v) is 9.36. The van der Waals surface area contributed by atoms with Crippen molar-refractivity contribution in [1.29, 1.82) is 0 Å². The standard InChI is InChI=1S/C24H19ClN2O2S/c1-23(2)24(21(28)19-13-6-7-14-20(19)29-23)27(18-12-8-11-17(25)15-18)26-22(30-24)16-9-4-3-5-10-16/h3-15H,1-2H3/t24-/m1/s1. The van der Waals surface area contributed by atoms with Gasteiger partial charge in [0.25, 0.3) is 0 Å². The molecule has 0 unspecified atom stereocenters. The van der Waals surface area contributed by atoms with Crippen molar-refractivity contribution in [2.45, 2.75) is 24.3 Å². The largest absolute Gasteiger partial charge is 0.483 e. The molecule has 3 aromatic rings. The van der Waals surface area contributed by atoms with Crippen LogP contribution in [0.4, 0.5) is 5.69 Å². The van der Waals surface area contributed by atoms with E-state index in [1.54, 1.807) is 5.01 Å². The third-order valence-electron chi connectivity index (χ3n) is 5.43. The minimum atomic E-state index is -1.11. The molecule has 0 amide bonds. The molecular formula is C24H19ClN2O2S. The molecule has 0 radical (unpaired) electrons. The van der Waals surface area contributed by atoms with Crippen LogP contribution in [0.25, 0.3) is 0 Å². The summed E-state index contributed by atoms with van der Waals surface area (Å²) in [6, 6.07) is 24.7. The number of Topliss-reactive ketones (excluding diaryl/α,β-unsaturated/α-hetero) is 1. The fourth-order valence-electron chi connectivity index (χ4n) is 3.97. The van der Waals surface area contributed by atoms with Crippen molar-refractivity contribution >= 4 is 39.9 Å². The number of hydrogen-bond acceptors (Lipinski definition) is 5. The molecule has 2 heterocycles. The maximum absolute atomic E-state index is 14.1. The topological polar surface area (TPSA) is 41.9 Å². The molecule has 2 aliphatic rings. The van der Waals surface area contributed by atoms with Crippen molar-refractivity contribution in [3.05, 3.63) is 95.0 Å². The van der Waals surface area contributed by atoms with Crippen LogP contribution in [-0.2, 0) is 0 Å². The zero-order valence-corrected chi connectivity index (χ0v) is 18.1. The molecule has 150 valence electrons. The number of ether oxygens (including phenoxy) is 1. The molecule has 1 atom stereocenters. The smallest absolute Gasteiger partial charge is 0.216 e. The predicted octanol–water partition coefficient (Wildman–Crippen LogP) is 6.01. The number of carbonyl (C=O) groups is 1. The lowest BCUT2D eigenvalue weighted by atomic mass is 9.85. The Bertz CT molecular complexity index is 1180. The predicted molar refractivity (Wildman–Crippen MR) is 123 cm³/mol. The van der Waals surface area contributed by atoms with Crippen molar-refractivity contribution in [1.82, 2.24) is 0 Å². The molecule has 0 N–H and O–H groups in total. The highest BCUT2D eigenvalue weighted by Crippen LogP contribution is 2.54. The van der Waals surface area contributed by atoms with Crippen molar-refractivity contribution in [3.8, 4) is 5.75 Å². The number of thioether (sulfide) groups is 1. The van der Waals surface area contributed by atoms with Gasteiger partial charge in [0.1, 0.15) is 16.4 Å². The van der Waals surface area contributed by atoms with E-state index in [9.17, 15) is 4.79 Å². The Hall–Kier alpha value is -2.76. The Morgan fingerprint density at radius 2 is 1.70 bits per heavy atom. The van der Waals surface area contributed by atoms with E-state index in [-0.39, 0.29) is 5.78 Å². The Labute approximate surface area is 184 Å². The molecule has 5 rings (SSSR count). The van der Waals surface area contributed by atoms with Gasteiger partial charge in [-0.3, -0.25) is 4.79 Å². The monoisotopic (exact) mass is 434 g/mol. The summed E-state index contributed by atoms with van der Waals surface area (Å²) in [5, 5.41) is 8.05. The number of para-hydroxylation sites is 1. The quantitative estimate of drug-likeness (QED) is 0.495. The number of ketones is 1. The van der Waals surface area contributed by atoms with Crippen LogP contribution in [0.1, 0.15) is 29.8 Å². The van der Waals surface area contributed by atoms with E-state index in [1.807, 2.05) is 92.7 Å². The molecule has 0 fully saturated rings. The lowest BCUT2D eigenvalue weighted by molar-refractivity contribution is 0.0392. The summed E-state index contributed by atoms with van der Waals surface area (Å²) in [6.45, 7) is 3.88. The molecule has 30 heavy (non-hydrogen) atoms. The van der Waals surface area contributed by atoms with Crippen LogP contribution in [0.3, 0.4) is 0 Å². The van der Waals surface area contributed by atoms with Crippen LogP contribution in [0.15, 0.2) is 84.0 Å². The van der Waals surface area contributed by atoms with E-state index in [0.29, 0.717) is 16.3 Å². The van der Waals surface area contributed by atoms with Crippen LogP contribution < -0.4 is 9.75 Å². The SMILES string of the molecule is CC1(C)Oc2ccccc2C(=O)[C@@]12SC(c1ccccc1)=NN2c1cccc(Cl)c1. The molecule has 3 aromatic carbocycles. The van der Waals surface area contributed by atoms with Gasteiger partial charge in [-0.2, -0.15) is 5.10 Å². The number of fused-ring (bicyclic) bond motifs is 1. The molecule has 4 nitrogen and oxygen atoms in total. The highest BCUT2D eigenvalue weighted by molar-refractivity contribution is 8.16. The van der Waals surface area contributed by atoms with Crippen LogP contribution in [0, 0.1) is 0 Å². The normalized spacial score (nSPS) is 21.9. The van der Waals surface area contributed by atoms with Crippen molar-refractivity contribution in [2.75, 3.05) is 5.01 Å². The Balaban J connectivity index is 1.74. The fraction of sp³-hybridized carbons (Fsp3) is 0.167. The summed E-state index contributed by atoms with van der Waals surface area (Å²) >= 11 is 7.73. The third-order valence-corrected chi connectivity index (χ3v) is 7.32. The Kier molecular flexibility index (Phi) is 4.42. The van der Waals surface area contributed by atoms with Gasteiger partial charge in [-0.05, 0) is 44.2 Å². The highest BCUT2D eigenvalue weighted by Gasteiger charge is 2.65. The van der Waals surface area contributed by atoms with E-state index in [0.717, 1.165) is 16.3 Å². The molecule has 1 spiro atoms. The first-order valence-corrected chi connectivity index (χ1v) is 10.8. The van der Waals surface area contributed by atoms with E-state index in [4.69, 9.17) is 21.4 Å². The van der Waals surface area contributed by atoms with Crippen LogP contribution in [0.5, 0.6) is 5.75 Å². The number of rotatable bonds is 2. The van der Waals surface area contributed by atoms with Gasteiger partial charge < -0.3 is 4.74 Å². The second kappa shape index (κ2) is 6.89. The molecule has 6 heteroatoms. The lowest BCUT2D eigenvalue weighted by Gasteiger charge is -2.49. The number of hydrazone groups is 1. The molecule has 0 saturated heterocycles. The van der Waals surface area contributed by atoms with E-state index in [1.165, 1.54) is 11.8 Å². The van der Waals surface area contributed by atoms with Crippen LogP contribution in [-0.4, -0.2) is 21.3 Å². The lowest BCUT2D eigenvalue weighted by Crippen LogP contribution is -2.66. The van der Waals surface area contributed by atoms with Gasteiger partial charge in [0, 0.05) is 10.6 Å². The second-order valence-electron chi connectivity index (χ2n) is 7.75. The maximum atomic E-state index is 14.1. The third kappa shape index (κ3) is 2.76. The highest BCUT2D eigenvalue weighted by atomic mass is 35.5. The first kappa shape index (κ1) is 19.2. The van der Waals surface area contributed by atoms with Crippen molar-refractivity contribution in [2.24, 2.45) is 5.10 Å². The van der Waals surface area contributed by atoms with Gasteiger partial charge in [0.2, 0.25) is 10.7 Å². The Morgan fingerprint density at radius 3 is 2.47 bits per heavy atom. The number of hydrogen-bond donors (Lipinski definition) is 0. The van der Waals surface area contributed by atoms with Crippen molar-refractivity contribution < 1.29 is 9.53 Å². The van der Waals surface area contributed by atoms with Crippen molar-refractivity contribution in [3.63, 3.8) is 0 Å². The molecule has 0 aromatic heterocycles. The number of benzene rings is 3. The Morgan fingerprint density at radius 1 is 0.967 bits per heavy atom. The first-order chi connectivity index (χ1) is 14.4. The summed E-state index contributed by atoms with van der Waals surface area (Å²) < 4.78 is 6.40. The summed E-state index contributed by atoms with van der Waals surface area (Å²) in [7, 11) is 0. The maximum Gasteiger partial charge on any atom is 0.216 e. The zero-order chi connectivity index (χ0) is 20.9. The van der Waals surface area contributed by atoms with Gasteiger partial charge in [-0.25, -0.2) is 5.01 Å². The van der Waals surface area contributed by atoms with Gasteiger partial charge >= 0.3 is 0 Å². The molecule has 2 aliphatic heterocycles. The van der Waals surface area contributed by atoms with Gasteiger partial charge in [0.15, 0.2) is 0 Å². The zero-order valence-electron chi connectivity index (χ0n) is 16.5. The van der Waals surface area contributed by atoms with E-state index in [2.05, 4.69) is 0 Å². The van der Waals surface area contributed by atoms with E-state index < -0.39 is 10.5 Å². The molecule has 0 bridgehead atoms. The fourth-order valence-corrected chi connectivity index (χ4v) is 5.54. The average molecular weight is 435 g/mol. The summed E-state index contributed by atoms with van der Waals surface area (Å²) in [6.07, 6.45) is 0. The minimum Gasteiger partial charge on any atom is -0.483 e. The number of halogens is 1. The van der Waals surface area contributed by atoms with Gasteiger partial charge in [-0.1, -0.05) is 71.9 Å². The number of carbonyl (C=O) groups excluding carboxylic acids is 1. The summed E-state index contributed by atoms with van der Waals surface area (Å²) in [5.41, 5.74) is 1.38. The van der Waals surface area contributed by atoms with Crippen LogP contribution >= 0.6 is 23.4 Å². The minimum absolute atomic E-state index is 0.0333. The van der Waals surface area contributed by atoms with Gasteiger partial charge in [-0.15, -0.1) is 0 Å².